The first kappa shape index (κ1) is 19.4. The van der Waals surface area contributed by atoms with Crippen LogP contribution in [0.1, 0.15) is 40.5 Å². The zero-order valence-corrected chi connectivity index (χ0v) is 14.8. The monoisotopic (exact) mass is 314 g/mol. The molecule has 0 aromatic heterocycles. The number of morpholine rings is 1. The summed E-state index contributed by atoms with van der Waals surface area (Å²) in [5, 5.41) is 2.95. The van der Waals surface area contributed by atoms with Crippen LogP contribution in [0.5, 0.6) is 0 Å². The van der Waals surface area contributed by atoms with Gasteiger partial charge < -0.3 is 14.8 Å². The molecule has 0 aromatic carbocycles. The van der Waals surface area contributed by atoms with Crippen LogP contribution < -0.4 is 5.32 Å². The third-order valence-corrected chi connectivity index (χ3v) is 3.87. The molecule has 0 unspecified atom stereocenters. The molecule has 0 saturated carbocycles. The summed E-state index contributed by atoms with van der Waals surface area (Å²) in [5.41, 5.74) is 0. The second kappa shape index (κ2) is 11.0. The van der Waals surface area contributed by atoms with Crippen LogP contribution in [0.2, 0.25) is 0 Å². The molecule has 0 aliphatic carbocycles. The van der Waals surface area contributed by atoms with Gasteiger partial charge in [-0.2, -0.15) is 0 Å². The van der Waals surface area contributed by atoms with Crippen LogP contribution in [0.25, 0.3) is 0 Å². The second-order valence-corrected chi connectivity index (χ2v) is 6.84. The van der Waals surface area contributed by atoms with E-state index < -0.39 is 0 Å². The van der Waals surface area contributed by atoms with Gasteiger partial charge in [0, 0.05) is 38.7 Å². The van der Waals surface area contributed by atoms with E-state index in [4.69, 9.17) is 9.47 Å². The summed E-state index contributed by atoms with van der Waals surface area (Å²) in [6.45, 7) is 14.0. The van der Waals surface area contributed by atoms with Crippen molar-refractivity contribution in [2.45, 2.75) is 46.6 Å². The van der Waals surface area contributed by atoms with Gasteiger partial charge in [-0.05, 0) is 18.8 Å². The minimum Gasteiger partial charge on any atom is -0.380 e. The molecule has 1 saturated heterocycles. The molecule has 1 N–H and O–H groups in total. The zero-order chi connectivity index (χ0) is 16.4. The normalized spacial score (nSPS) is 19.8. The Labute approximate surface area is 135 Å². The molecule has 1 rings (SSSR count). The number of hydrogen-bond acceptors (Lipinski definition) is 4. The molecule has 1 aliphatic heterocycles. The summed E-state index contributed by atoms with van der Waals surface area (Å²) >= 11 is 0. The number of carbonyl (C=O) groups is 1. The van der Waals surface area contributed by atoms with Crippen LogP contribution in [0, 0.1) is 11.8 Å². The average Bonchev–Trinajstić information content (AvgIpc) is 2.48. The standard InChI is InChI=1S/C17H34N2O3/c1-14(2)6-5-9-21-10-7-19-8-11-22-16(13-19)12-18-17(20)15(3)4/h14-16H,5-13H2,1-4H3,(H,18,20)/t16-/m0/s1. The van der Waals surface area contributed by atoms with Gasteiger partial charge in [-0.15, -0.1) is 0 Å². The first-order valence-electron chi connectivity index (χ1n) is 8.68. The predicted molar refractivity (Wildman–Crippen MR) is 88.9 cm³/mol. The van der Waals surface area contributed by atoms with Crippen LogP contribution in [-0.4, -0.2) is 62.9 Å². The van der Waals surface area contributed by atoms with E-state index in [9.17, 15) is 4.79 Å². The van der Waals surface area contributed by atoms with Crippen LogP contribution in [0.15, 0.2) is 0 Å². The number of hydrogen-bond donors (Lipinski definition) is 1. The second-order valence-electron chi connectivity index (χ2n) is 6.84. The SMILES string of the molecule is CC(C)CCCOCCN1CCO[C@@H](CNC(=O)C(C)C)C1. The third-order valence-electron chi connectivity index (χ3n) is 3.87. The number of ether oxygens (including phenoxy) is 2. The van der Waals surface area contributed by atoms with E-state index in [1.807, 2.05) is 13.8 Å². The van der Waals surface area contributed by atoms with Gasteiger partial charge in [0.2, 0.25) is 5.91 Å². The number of rotatable bonds is 10. The smallest absolute Gasteiger partial charge is 0.222 e. The van der Waals surface area contributed by atoms with Crippen molar-refractivity contribution in [1.82, 2.24) is 10.2 Å². The summed E-state index contributed by atoms with van der Waals surface area (Å²) in [6, 6.07) is 0. The number of amides is 1. The van der Waals surface area contributed by atoms with Crippen molar-refractivity contribution < 1.29 is 14.3 Å². The van der Waals surface area contributed by atoms with Crippen LogP contribution in [0.3, 0.4) is 0 Å². The van der Waals surface area contributed by atoms with Crippen LogP contribution in [0.4, 0.5) is 0 Å². The third kappa shape index (κ3) is 8.71. The molecule has 0 spiro atoms. The molecular weight excluding hydrogens is 280 g/mol. The Kier molecular flexibility index (Phi) is 9.68. The Hall–Kier alpha value is -0.650. The Morgan fingerprint density at radius 2 is 2.09 bits per heavy atom. The highest BCUT2D eigenvalue weighted by molar-refractivity contribution is 5.77. The average molecular weight is 314 g/mol. The van der Waals surface area contributed by atoms with E-state index in [-0.39, 0.29) is 17.9 Å². The summed E-state index contributed by atoms with van der Waals surface area (Å²) in [6.07, 6.45) is 2.47. The molecule has 1 amide bonds. The molecular formula is C17H34N2O3. The Morgan fingerprint density at radius 1 is 1.32 bits per heavy atom. The van der Waals surface area contributed by atoms with Gasteiger partial charge in [0.25, 0.3) is 0 Å². The first-order chi connectivity index (χ1) is 10.5. The van der Waals surface area contributed by atoms with Crippen molar-refractivity contribution >= 4 is 5.91 Å². The van der Waals surface area contributed by atoms with E-state index in [0.717, 1.165) is 51.8 Å². The van der Waals surface area contributed by atoms with E-state index in [1.54, 1.807) is 0 Å². The van der Waals surface area contributed by atoms with Gasteiger partial charge in [0.05, 0.1) is 19.3 Å². The molecule has 5 nitrogen and oxygen atoms in total. The summed E-state index contributed by atoms with van der Waals surface area (Å²) < 4.78 is 11.4. The van der Waals surface area contributed by atoms with Crippen molar-refractivity contribution in [2.75, 3.05) is 46.0 Å². The quantitative estimate of drug-likeness (QED) is 0.626. The van der Waals surface area contributed by atoms with Gasteiger partial charge in [-0.1, -0.05) is 27.7 Å². The predicted octanol–water partition coefficient (Wildman–Crippen LogP) is 1.91. The van der Waals surface area contributed by atoms with Crippen LogP contribution in [-0.2, 0) is 14.3 Å². The summed E-state index contributed by atoms with van der Waals surface area (Å²) in [7, 11) is 0. The maximum atomic E-state index is 11.6. The molecule has 22 heavy (non-hydrogen) atoms. The lowest BCUT2D eigenvalue weighted by Crippen LogP contribution is -2.48. The van der Waals surface area contributed by atoms with Crippen molar-refractivity contribution in [3.8, 4) is 0 Å². The molecule has 1 heterocycles. The van der Waals surface area contributed by atoms with Crippen molar-refractivity contribution in [1.29, 1.82) is 0 Å². The van der Waals surface area contributed by atoms with E-state index in [2.05, 4.69) is 24.1 Å². The van der Waals surface area contributed by atoms with Crippen molar-refractivity contribution in [3.05, 3.63) is 0 Å². The lowest BCUT2D eigenvalue weighted by Gasteiger charge is -2.33. The van der Waals surface area contributed by atoms with Crippen LogP contribution >= 0.6 is 0 Å². The Balaban J connectivity index is 2.09. The highest BCUT2D eigenvalue weighted by Crippen LogP contribution is 2.06. The molecule has 1 aliphatic rings. The largest absolute Gasteiger partial charge is 0.380 e. The Morgan fingerprint density at radius 3 is 2.77 bits per heavy atom. The lowest BCUT2D eigenvalue weighted by atomic mass is 10.1. The molecule has 1 fully saturated rings. The molecule has 0 bridgehead atoms. The fourth-order valence-electron chi connectivity index (χ4n) is 2.41. The van der Waals surface area contributed by atoms with Gasteiger partial charge in [-0.3, -0.25) is 9.69 Å². The fraction of sp³-hybridized carbons (Fsp3) is 0.941. The Bertz CT molecular complexity index is 308. The van der Waals surface area contributed by atoms with Crippen molar-refractivity contribution in [2.24, 2.45) is 11.8 Å². The van der Waals surface area contributed by atoms with Gasteiger partial charge in [-0.25, -0.2) is 0 Å². The highest BCUT2D eigenvalue weighted by Gasteiger charge is 2.21. The van der Waals surface area contributed by atoms with Crippen molar-refractivity contribution in [3.63, 3.8) is 0 Å². The highest BCUT2D eigenvalue weighted by atomic mass is 16.5. The van der Waals surface area contributed by atoms with E-state index in [0.29, 0.717) is 6.54 Å². The minimum atomic E-state index is 0.0268. The van der Waals surface area contributed by atoms with Gasteiger partial charge >= 0.3 is 0 Å². The van der Waals surface area contributed by atoms with E-state index >= 15 is 0 Å². The molecule has 0 aromatic rings. The maximum Gasteiger partial charge on any atom is 0.222 e. The van der Waals surface area contributed by atoms with Gasteiger partial charge in [0.15, 0.2) is 0 Å². The lowest BCUT2D eigenvalue weighted by molar-refractivity contribution is -0.125. The fourth-order valence-corrected chi connectivity index (χ4v) is 2.41. The molecule has 1 atom stereocenters. The maximum absolute atomic E-state index is 11.6. The molecule has 130 valence electrons. The first-order valence-corrected chi connectivity index (χ1v) is 8.68. The summed E-state index contributed by atoms with van der Waals surface area (Å²) in [5.74, 6) is 0.873. The number of nitrogens with zero attached hydrogens (tertiary/aromatic N) is 1. The molecule has 0 radical (unpaired) electrons. The molecule has 5 heteroatoms. The van der Waals surface area contributed by atoms with E-state index in [1.165, 1.54) is 6.42 Å². The minimum absolute atomic E-state index is 0.0268. The summed E-state index contributed by atoms with van der Waals surface area (Å²) in [4.78, 5) is 13.9. The van der Waals surface area contributed by atoms with Gasteiger partial charge in [0.1, 0.15) is 0 Å². The topological polar surface area (TPSA) is 50.8 Å². The number of nitrogens with one attached hydrogen (secondary N) is 1. The number of carbonyl (C=O) groups excluding carboxylic acids is 1. The zero-order valence-electron chi connectivity index (χ0n) is 14.8.